The quantitative estimate of drug-likeness (QED) is 0.310. The molecule has 2 rings (SSSR count). The molecule has 1 N–H and O–H groups in total. The lowest BCUT2D eigenvalue weighted by atomic mass is 10.2. The number of hydrogen-bond acceptors (Lipinski definition) is 6. The van der Waals surface area contributed by atoms with Crippen LogP contribution in [0.3, 0.4) is 0 Å². The summed E-state index contributed by atoms with van der Waals surface area (Å²) in [4.78, 5) is 34.0. The van der Waals surface area contributed by atoms with Crippen LogP contribution < -0.4 is 10.1 Å². The molecule has 8 nitrogen and oxygen atoms in total. The monoisotopic (exact) mass is 424 g/mol. The molecule has 0 atom stereocenters. The molecule has 28 heavy (non-hydrogen) atoms. The van der Waals surface area contributed by atoms with Crippen molar-refractivity contribution >= 4 is 52.5 Å². The Morgan fingerprint density at radius 3 is 2.57 bits per heavy atom. The minimum absolute atomic E-state index is 0.0433. The Labute approximate surface area is 169 Å². The molecule has 2 aromatic rings. The molecule has 0 aromatic heterocycles. The number of methoxy groups -OCH3 is 1. The number of halogens is 2. The zero-order valence-corrected chi connectivity index (χ0v) is 16.0. The first kappa shape index (κ1) is 21.2. The SMILES string of the molecule is COc1ccc(NC(=O)COC(=O)/C=C/c2ccc(Cl)c(Cl)c2)c([N+](=O)[O-])c1. The standard InChI is InChI=1S/C18H14Cl2N2O6/c1-27-12-4-6-15(16(9-12)22(25)26)21-17(23)10-28-18(24)7-3-11-2-5-13(19)14(20)8-11/h2-9H,10H2,1H3,(H,21,23)/b7-3+. The highest BCUT2D eigenvalue weighted by Crippen LogP contribution is 2.28. The number of ether oxygens (including phenoxy) is 2. The van der Waals surface area contributed by atoms with Gasteiger partial charge in [0.05, 0.1) is 28.1 Å². The maximum Gasteiger partial charge on any atom is 0.331 e. The lowest BCUT2D eigenvalue weighted by molar-refractivity contribution is -0.384. The van der Waals surface area contributed by atoms with Gasteiger partial charge in [-0.05, 0) is 35.9 Å². The topological polar surface area (TPSA) is 108 Å². The molecule has 0 heterocycles. The molecule has 0 aliphatic rings. The molecule has 0 saturated carbocycles. The molecule has 0 radical (unpaired) electrons. The summed E-state index contributed by atoms with van der Waals surface area (Å²) >= 11 is 11.7. The Bertz CT molecular complexity index is 946. The van der Waals surface area contributed by atoms with Crippen LogP contribution in [0, 0.1) is 10.1 Å². The van der Waals surface area contributed by atoms with E-state index in [1.54, 1.807) is 18.2 Å². The molecule has 0 unspecified atom stereocenters. The summed E-state index contributed by atoms with van der Waals surface area (Å²) in [6.45, 7) is -0.617. The van der Waals surface area contributed by atoms with Crippen molar-refractivity contribution in [1.29, 1.82) is 0 Å². The summed E-state index contributed by atoms with van der Waals surface area (Å²) < 4.78 is 9.72. The van der Waals surface area contributed by atoms with Crippen LogP contribution in [0.2, 0.25) is 10.0 Å². The number of amides is 1. The summed E-state index contributed by atoms with van der Waals surface area (Å²) in [5.74, 6) is -1.24. The van der Waals surface area contributed by atoms with Crippen molar-refractivity contribution in [1.82, 2.24) is 0 Å². The Morgan fingerprint density at radius 2 is 1.93 bits per heavy atom. The maximum atomic E-state index is 11.9. The summed E-state index contributed by atoms with van der Waals surface area (Å²) in [7, 11) is 1.36. The number of carbonyl (C=O) groups is 2. The number of nitro groups is 1. The Kier molecular flexibility index (Phi) is 7.36. The van der Waals surface area contributed by atoms with Crippen LogP contribution in [-0.2, 0) is 14.3 Å². The zero-order chi connectivity index (χ0) is 20.7. The average molecular weight is 425 g/mol. The molecule has 1 amide bonds. The summed E-state index contributed by atoms with van der Waals surface area (Å²) in [6.07, 6.45) is 2.56. The third-order valence-electron chi connectivity index (χ3n) is 3.38. The van der Waals surface area contributed by atoms with E-state index in [1.807, 2.05) is 0 Å². The van der Waals surface area contributed by atoms with Gasteiger partial charge in [-0.2, -0.15) is 0 Å². The van der Waals surface area contributed by atoms with E-state index in [4.69, 9.17) is 32.7 Å². The minimum Gasteiger partial charge on any atom is -0.496 e. The molecule has 10 heteroatoms. The highest BCUT2D eigenvalue weighted by Gasteiger charge is 2.17. The first-order valence-corrected chi connectivity index (χ1v) is 8.48. The predicted octanol–water partition coefficient (Wildman–Crippen LogP) is 4.11. The number of nitrogens with zero attached hydrogens (tertiary/aromatic N) is 1. The Balaban J connectivity index is 1.93. The fourth-order valence-electron chi connectivity index (χ4n) is 2.05. The molecule has 0 saturated heterocycles. The Morgan fingerprint density at radius 1 is 1.18 bits per heavy atom. The van der Waals surface area contributed by atoms with Crippen LogP contribution in [0.5, 0.6) is 5.75 Å². The third kappa shape index (κ3) is 5.97. The van der Waals surface area contributed by atoms with Crippen LogP contribution >= 0.6 is 23.2 Å². The van der Waals surface area contributed by atoms with Gasteiger partial charge in [-0.15, -0.1) is 0 Å². The number of carbonyl (C=O) groups excluding carboxylic acids is 2. The number of hydrogen-bond donors (Lipinski definition) is 1. The normalized spacial score (nSPS) is 10.5. The molecule has 0 bridgehead atoms. The van der Waals surface area contributed by atoms with Gasteiger partial charge in [0.15, 0.2) is 6.61 Å². The fraction of sp³-hybridized carbons (Fsp3) is 0.111. The number of anilines is 1. The number of nitro benzene ring substituents is 1. The lowest BCUT2D eigenvalue weighted by Crippen LogP contribution is -2.20. The van der Waals surface area contributed by atoms with Crippen LogP contribution in [0.1, 0.15) is 5.56 Å². The van der Waals surface area contributed by atoms with Crippen molar-refractivity contribution < 1.29 is 24.0 Å². The first-order valence-electron chi connectivity index (χ1n) is 7.72. The minimum atomic E-state index is -0.773. The van der Waals surface area contributed by atoms with E-state index in [1.165, 1.54) is 31.4 Å². The van der Waals surface area contributed by atoms with Gasteiger partial charge in [0, 0.05) is 6.08 Å². The zero-order valence-electron chi connectivity index (χ0n) is 14.5. The summed E-state index contributed by atoms with van der Waals surface area (Å²) in [6, 6.07) is 8.72. The molecule has 0 spiro atoms. The van der Waals surface area contributed by atoms with Gasteiger partial charge in [-0.3, -0.25) is 14.9 Å². The molecular weight excluding hydrogens is 411 g/mol. The molecule has 0 fully saturated rings. The first-order chi connectivity index (χ1) is 13.3. The number of nitrogens with one attached hydrogen (secondary N) is 1. The van der Waals surface area contributed by atoms with Crippen LogP contribution in [0.4, 0.5) is 11.4 Å². The Hall–Kier alpha value is -3.10. The summed E-state index contributed by atoms with van der Waals surface area (Å²) in [5.41, 5.74) is 0.224. The van der Waals surface area contributed by atoms with Crippen molar-refractivity contribution in [3.05, 3.63) is 68.2 Å². The predicted molar refractivity (Wildman–Crippen MR) is 105 cm³/mol. The van der Waals surface area contributed by atoms with Crippen LogP contribution in [0.25, 0.3) is 6.08 Å². The van der Waals surface area contributed by atoms with Crippen molar-refractivity contribution in [3.8, 4) is 5.75 Å². The largest absolute Gasteiger partial charge is 0.496 e. The smallest absolute Gasteiger partial charge is 0.331 e. The molecule has 0 aliphatic carbocycles. The average Bonchev–Trinajstić information content (AvgIpc) is 2.67. The lowest BCUT2D eigenvalue weighted by Gasteiger charge is -2.07. The van der Waals surface area contributed by atoms with E-state index in [2.05, 4.69) is 5.32 Å². The van der Waals surface area contributed by atoms with Gasteiger partial charge in [0.25, 0.3) is 11.6 Å². The highest BCUT2D eigenvalue weighted by atomic mass is 35.5. The van der Waals surface area contributed by atoms with E-state index in [0.717, 1.165) is 6.08 Å². The molecule has 0 aliphatic heterocycles. The van der Waals surface area contributed by atoms with Gasteiger partial charge in [0.1, 0.15) is 11.4 Å². The number of benzene rings is 2. The second-order valence-corrected chi connectivity index (χ2v) is 6.12. The van der Waals surface area contributed by atoms with Crippen molar-refractivity contribution in [2.75, 3.05) is 19.0 Å². The van der Waals surface area contributed by atoms with E-state index >= 15 is 0 Å². The third-order valence-corrected chi connectivity index (χ3v) is 4.12. The van der Waals surface area contributed by atoms with Gasteiger partial charge >= 0.3 is 5.97 Å². The van der Waals surface area contributed by atoms with E-state index in [9.17, 15) is 19.7 Å². The number of esters is 1. The van der Waals surface area contributed by atoms with Gasteiger partial charge in [-0.1, -0.05) is 29.3 Å². The maximum absolute atomic E-state index is 11.9. The van der Waals surface area contributed by atoms with E-state index in [0.29, 0.717) is 15.6 Å². The molecule has 2 aromatic carbocycles. The fourth-order valence-corrected chi connectivity index (χ4v) is 2.35. The number of rotatable bonds is 7. The van der Waals surface area contributed by atoms with Crippen molar-refractivity contribution in [2.45, 2.75) is 0 Å². The van der Waals surface area contributed by atoms with E-state index in [-0.39, 0.29) is 17.1 Å². The second-order valence-electron chi connectivity index (χ2n) is 5.30. The summed E-state index contributed by atoms with van der Waals surface area (Å²) in [5, 5.41) is 14.1. The molecule has 146 valence electrons. The van der Waals surface area contributed by atoms with Crippen molar-refractivity contribution in [3.63, 3.8) is 0 Å². The van der Waals surface area contributed by atoms with Crippen molar-refractivity contribution in [2.24, 2.45) is 0 Å². The van der Waals surface area contributed by atoms with E-state index < -0.39 is 23.4 Å². The van der Waals surface area contributed by atoms with Crippen LogP contribution in [0.15, 0.2) is 42.5 Å². The highest BCUT2D eigenvalue weighted by molar-refractivity contribution is 6.42. The second kappa shape index (κ2) is 9.72. The van der Waals surface area contributed by atoms with Gasteiger partial charge in [0.2, 0.25) is 0 Å². The van der Waals surface area contributed by atoms with Gasteiger partial charge < -0.3 is 14.8 Å². The molecular formula is C18H14Cl2N2O6. The van der Waals surface area contributed by atoms with Gasteiger partial charge in [-0.25, -0.2) is 4.79 Å². The van der Waals surface area contributed by atoms with Crippen LogP contribution in [-0.4, -0.2) is 30.5 Å².